The molecule has 0 unspecified atom stereocenters. The molecule has 2 saturated heterocycles. The molecule has 0 spiro atoms. The van der Waals surface area contributed by atoms with Gasteiger partial charge in [-0.2, -0.15) is 0 Å². The standard InChI is InChI=1S/C20H32N4O2/c1-3-6-21-19(25)17-13-4-5-14(9-13)18(17)20(26)22-15-10-16-12-23(2)7-8-24(16)11-15/h3,13-18H,1,4-12H2,2H3,(H,21,25)(H,22,26)/t13-,14+,15-,16-,17-,18+/m0/s1. The molecule has 4 fully saturated rings. The van der Waals surface area contributed by atoms with E-state index < -0.39 is 0 Å². The molecule has 26 heavy (non-hydrogen) atoms. The molecule has 0 radical (unpaired) electrons. The molecule has 2 amide bonds. The summed E-state index contributed by atoms with van der Waals surface area (Å²) in [6.45, 7) is 8.39. The van der Waals surface area contributed by atoms with Crippen molar-refractivity contribution in [3.05, 3.63) is 12.7 Å². The van der Waals surface area contributed by atoms with Crippen molar-refractivity contribution in [2.45, 2.75) is 37.8 Å². The number of hydrogen-bond donors (Lipinski definition) is 2. The molecule has 2 aliphatic carbocycles. The van der Waals surface area contributed by atoms with Gasteiger partial charge in [-0.3, -0.25) is 14.5 Å². The first-order valence-electron chi connectivity index (χ1n) is 10.2. The second-order valence-electron chi connectivity index (χ2n) is 8.77. The van der Waals surface area contributed by atoms with Crippen LogP contribution in [-0.2, 0) is 9.59 Å². The summed E-state index contributed by atoms with van der Waals surface area (Å²) in [5, 5.41) is 6.25. The van der Waals surface area contributed by atoms with E-state index in [9.17, 15) is 9.59 Å². The van der Waals surface area contributed by atoms with Gasteiger partial charge in [0.15, 0.2) is 0 Å². The van der Waals surface area contributed by atoms with Gasteiger partial charge in [0.05, 0.1) is 11.8 Å². The molecule has 0 aromatic rings. The molecular weight excluding hydrogens is 328 g/mol. The van der Waals surface area contributed by atoms with Gasteiger partial charge in [-0.15, -0.1) is 6.58 Å². The molecule has 4 aliphatic rings. The molecule has 2 saturated carbocycles. The first-order valence-corrected chi connectivity index (χ1v) is 10.2. The Kier molecular flexibility index (Phi) is 5.06. The molecule has 4 rings (SSSR count). The number of rotatable bonds is 5. The average molecular weight is 361 g/mol. The van der Waals surface area contributed by atoms with Crippen LogP contribution in [0.3, 0.4) is 0 Å². The van der Waals surface area contributed by atoms with Gasteiger partial charge in [0.25, 0.3) is 0 Å². The minimum absolute atomic E-state index is 0.0442. The Morgan fingerprint density at radius 2 is 1.81 bits per heavy atom. The zero-order valence-corrected chi connectivity index (χ0v) is 15.8. The summed E-state index contributed by atoms with van der Waals surface area (Å²) in [5.74, 6) is 0.637. The highest BCUT2D eigenvalue weighted by Crippen LogP contribution is 2.52. The lowest BCUT2D eigenvalue weighted by molar-refractivity contribution is -0.137. The van der Waals surface area contributed by atoms with Crippen LogP contribution in [0.15, 0.2) is 12.7 Å². The van der Waals surface area contributed by atoms with Gasteiger partial charge in [-0.1, -0.05) is 6.08 Å². The molecule has 6 nitrogen and oxygen atoms in total. The van der Waals surface area contributed by atoms with E-state index in [0.717, 1.165) is 51.9 Å². The van der Waals surface area contributed by atoms with Crippen molar-refractivity contribution in [3.63, 3.8) is 0 Å². The monoisotopic (exact) mass is 360 g/mol. The number of carbonyl (C=O) groups excluding carboxylic acids is 2. The Morgan fingerprint density at radius 3 is 2.54 bits per heavy atom. The third-order valence-corrected chi connectivity index (χ3v) is 7.11. The van der Waals surface area contributed by atoms with Gasteiger partial charge in [0, 0.05) is 44.8 Å². The van der Waals surface area contributed by atoms with Crippen LogP contribution >= 0.6 is 0 Å². The lowest BCUT2D eigenvalue weighted by Gasteiger charge is -2.34. The molecular formula is C20H32N4O2. The number of likely N-dealkylation sites (N-methyl/N-ethyl adjacent to an activating group) is 1. The summed E-state index contributed by atoms with van der Waals surface area (Å²) in [7, 11) is 2.17. The minimum atomic E-state index is -0.149. The quantitative estimate of drug-likeness (QED) is 0.699. The maximum absolute atomic E-state index is 13.1. The fourth-order valence-electron chi connectivity index (χ4n) is 5.94. The maximum atomic E-state index is 13.1. The average Bonchev–Trinajstić information content (AvgIpc) is 3.32. The zero-order chi connectivity index (χ0) is 18.3. The Labute approximate surface area is 156 Å². The van der Waals surface area contributed by atoms with Crippen molar-refractivity contribution >= 4 is 11.8 Å². The fourth-order valence-corrected chi connectivity index (χ4v) is 5.94. The second kappa shape index (κ2) is 7.31. The van der Waals surface area contributed by atoms with Crippen molar-refractivity contribution < 1.29 is 9.59 Å². The van der Waals surface area contributed by atoms with Gasteiger partial charge in [-0.25, -0.2) is 0 Å². The maximum Gasteiger partial charge on any atom is 0.224 e. The summed E-state index contributed by atoms with van der Waals surface area (Å²) in [6, 6.07) is 0.792. The third-order valence-electron chi connectivity index (χ3n) is 7.11. The molecule has 2 bridgehead atoms. The summed E-state index contributed by atoms with van der Waals surface area (Å²) < 4.78 is 0. The van der Waals surface area contributed by atoms with E-state index in [4.69, 9.17) is 0 Å². The Morgan fingerprint density at radius 1 is 1.08 bits per heavy atom. The van der Waals surface area contributed by atoms with Crippen molar-refractivity contribution in [1.82, 2.24) is 20.4 Å². The van der Waals surface area contributed by atoms with Crippen molar-refractivity contribution in [1.29, 1.82) is 0 Å². The number of nitrogens with zero attached hydrogens (tertiary/aromatic N) is 2. The Balaban J connectivity index is 1.39. The third kappa shape index (κ3) is 3.29. The van der Waals surface area contributed by atoms with Gasteiger partial charge >= 0.3 is 0 Å². The Bertz CT molecular complexity index is 580. The van der Waals surface area contributed by atoms with E-state index in [1.54, 1.807) is 6.08 Å². The van der Waals surface area contributed by atoms with Crippen LogP contribution in [0.5, 0.6) is 0 Å². The number of fused-ring (bicyclic) bond motifs is 3. The molecule has 144 valence electrons. The number of amides is 2. The van der Waals surface area contributed by atoms with Crippen molar-refractivity contribution in [2.24, 2.45) is 23.7 Å². The normalized spacial score (nSPS) is 39.6. The topological polar surface area (TPSA) is 64.7 Å². The van der Waals surface area contributed by atoms with Gasteiger partial charge in [-0.05, 0) is 44.6 Å². The van der Waals surface area contributed by atoms with Crippen LogP contribution in [0.2, 0.25) is 0 Å². The van der Waals surface area contributed by atoms with Crippen LogP contribution in [-0.4, -0.2) is 73.5 Å². The molecule has 2 heterocycles. The number of carbonyl (C=O) groups is 2. The minimum Gasteiger partial charge on any atom is -0.352 e. The first-order chi connectivity index (χ1) is 12.6. The van der Waals surface area contributed by atoms with E-state index in [2.05, 4.69) is 34.1 Å². The molecule has 0 aromatic carbocycles. The van der Waals surface area contributed by atoms with Crippen molar-refractivity contribution in [3.8, 4) is 0 Å². The highest BCUT2D eigenvalue weighted by atomic mass is 16.2. The van der Waals surface area contributed by atoms with E-state index in [1.807, 2.05) is 0 Å². The van der Waals surface area contributed by atoms with Crippen LogP contribution < -0.4 is 10.6 Å². The van der Waals surface area contributed by atoms with Gasteiger partial charge in [0.2, 0.25) is 11.8 Å². The number of nitrogens with one attached hydrogen (secondary N) is 2. The zero-order valence-electron chi connectivity index (χ0n) is 15.8. The largest absolute Gasteiger partial charge is 0.352 e. The van der Waals surface area contributed by atoms with Crippen LogP contribution in [0, 0.1) is 23.7 Å². The van der Waals surface area contributed by atoms with Gasteiger partial charge < -0.3 is 15.5 Å². The lowest BCUT2D eigenvalue weighted by Crippen LogP contribution is -2.49. The predicted octanol–water partition coefficient (Wildman–Crippen LogP) is 0.455. The highest BCUT2D eigenvalue weighted by molar-refractivity contribution is 5.89. The van der Waals surface area contributed by atoms with Gasteiger partial charge in [0.1, 0.15) is 0 Å². The highest BCUT2D eigenvalue weighted by Gasteiger charge is 2.54. The first kappa shape index (κ1) is 18.0. The van der Waals surface area contributed by atoms with E-state index >= 15 is 0 Å². The SMILES string of the molecule is C=CCNC(=O)[C@H]1[C@H]2CC[C@H](C2)[C@H]1C(=O)N[C@H]1C[C@H]2CN(C)CCN2C1. The number of hydrogen-bond acceptors (Lipinski definition) is 4. The van der Waals surface area contributed by atoms with E-state index in [1.165, 1.54) is 0 Å². The predicted molar refractivity (Wildman–Crippen MR) is 100 cm³/mol. The van der Waals surface area contributed by atoms with Crippen molar-refractivity contribution in [2.75, 3.05) is 39.8 Å². The molecule has 6 atom stereocenters. The molecule has 6 heteroatoms. The summed E-state index contributed by atoms with van der Waals surface area (Å²) in [4.78, 5) is 30.6. The smallest absolute Gasteiger partial charge is 0.224 e. The molecule has 2 aliphatic heterocycles. The van der Waals surface area contributed by atoms with E-state index in [0.29, 0.717) is 24.4 Å². The molecule has 0 aromatic heterocycles. The lowest BCUT2D eigenvalue weighted by atomic mass is 9.78. The fraction of sp³-hybridized carbons (Fsp3) is 0.800. The van der Waals surface area contributed by atoms with Crippen LogP contribution in [0.1, 0.15) is 25.7 Å². The summed E-state index contributed by atoms with van der Waals surface area (Å²) >= 11 is 0. The summed E-state index contributed by atoms with van der Waals surface area (Å²) in [6.07, 6.45) is 5.95. The number of piperazine rings is 1. The Hall–Kier alpha value is -1.40. The molecule has 2 N–H and O–H groups in total. The van der Waals surface area contributed by atoms with Crippen LogP contribution in [0.4, 0.5) is 0 Å². The summed E-state index contributed by atoms with van der Waals surface area (Å²) in [5.41, 5.74) is 0. The second-order valence-corrected chi connectivity index (χ2v) is 8.77. The van der Waals surface area contributed by atoms with Crippen LogP contribution in [0.25, 0.3) is 0 Å². The van der Waals surface area contributed by atoms with E-state index in [-0.39, 0.29) is 29.7 Å².